The fourth-order valence-electron chi connectivity index (χ4n) is 5.14. The Morgan fingerprint density at radius 2 is 1.83 bits per heavy atom. The molecule has 0 aliphatic heterocycles. The third kappa shape index (κ3) is 8.81. The van der Waals surface area contributed by atoms with Crippen LogP contribution in [0.1, 0.15) is 101 Å². The number of anilines is 3. The predicted molar refractivity (Wildman–Crippen MR) is 166 cm³/mol. The highest BCUT2D eigenvalue weighted by molar-refractivity contribution is 6.11. The van der Waals surface area contributed by atoms with Gasteiger partial charge in [0.15, 0.2) is 0 Å². The minimum absolute atomic E-state index is 0.0127. The molecule has 0 bridgehead atoms. The molecular weight excluding hydrogens is 516 g/mol. The van der Waals surface area contributed by atoms with Crippen LogP contribution in [-0.2, 0) is 14.3 Å². The van der Waals surface area contributed by atoms with Crippen LogP contribution in [0, 0.1) is 36.5 Å². The van der Waals surface area contributed by atoms with Crippen molar-refractivity contribution >= 4 is 35.5 Å². The van der Waals surface area contributed by atoms with E-state index in [0.29, 0.717) is 23.1 Å². The first-order chi connectivity index (χ1) is 19.5. The van der Waals surface area contributed by atoms with E-state index < -0.39 is 0 Å². The summed E-state index contributed by atoms with van der Waals surface area (Å²) in [4.78, 5) is 28.2. The molecule has 1 heterocycles. The number of carboxylic acid groups (broad SMARTS) is 1. The summed E-state index contributed by atoms with van der Waals surface area (Å²) in [6.45, 7) is 14.1. The van der Waals surface area contributed by atoms with Gasteiger partial charge in [-0.2, -0.15) is 0 Å². The van der Waals surface area contributed by atoms with Gasteiger partial charge in [0.2, 0.25) is 5.90 Å². The van der Waals surface area contributed by atoms with Crippen LogP contribution in [0.5, 0.6) is 0 Å². The number of nitrogens with zero attached hydrogens (tertiary/aromatic N) is 2. The molecule has 0 saturated heterocycles. The van der Waals surface area contributed by atoms with Gasteiger partial charge in [-0.3, -0.25) is 19.9 Å². The molecule has 2 fully saturated rings. The molecule has 2 saturated carbocycles. The van der Waals surface area contributed by atoms with Crippen molar-refractivity contribution in [3.8, 4) is 11.8 Å². The number of ether oxygens (including phenoxy) is 1. The van der Waals surface area contributed by atoms with Gasteiger partial charge in [-0.15, -0.1) is 0 Å². The number of aromatic nitrogens is 1. The summed E-state index contributed by atoms with van der Waals surface area (Å²) in [7, 11) is 1.80. The highest BCUT2D eigenvalue weighted by Crippen LogP contribution is 2.46. The molecule has 0 spiro atoms. The zero-order chi connectivity index (χ0) is 30.7. The van der Waals surface area contributed by atoms with Gasteiger partial charge in [-0.1, -0.05) is 39.7 Å². The summed E-state index contributed by atoms with van der Waals surface area (Å²) < 4.78 is 6.16. The topological polar surface area (TPSA) is 116 Å². The van der Waals surface area contributed by atoms with Crippen molar-refractivity contribution in [1.29, 1.82) is 5.41 Å². The van der Waals surface area contributed by atoms with Crippen molar-refractivity contribution in [1.82, 2.24) is 4.98 Å². The number of carbonyl (C=O) groups excluding carboxylic acids is 1. The summed E-state index contributed by atoms with van der Waals surface area (Å²) >= 11 is 0. The summed E-state index contributed by atoms with van der Waals surface area (Å²) in [6, 6.07) is 7.93. The number of hydrogen-bond acceptors (Lipinski definition) is 6. The van der Waals surface area contributed by atoms with E-state index in [9.17, 15) is 4.79 Å². The van der Waals surface area contributed by atoms with Crippen molar-refractivity contribution < 1.29 is 19.4 Å². The van der Waals surface area contributed by atoms with E-state index in [0.717, 1.165) is 48.9 Å². The SMILES string of the molecule is CC.CC#CC(=O)N(c1ccc(NC)c(C(=N)OC2CCCC(C)(C)C2)n1)c1cc(C)c(C)cc1C1CC1.O=CO. The number of aryl methyl sites for hydroxylation is 2. The van der Waals surface area contributed by atoms with Gasteiger partial charge in [-0.25, -0.2) is 4.98 Å². The van der Waals surface area contributed by atoms with Crippen molar-refractivity contribution in [2.75, 3.05) is 17.3 Å². The molecule has 41 heavy (non-hydrogen) atoms. The minimum atomic E-state index is -0.334. The maximum absolute atomic E-state index is 13.4. The highest BCUT2D eigenvalue weighted by atomic mass is 16.5. The van der Waals surface area contributed by atoms with Gasteiger partial charge in [0, 0.05) is 7.05 Å². The van der Waals surface area contributed by atoms with Crippen molar-refractivity contribution in [2.45, 2.75) is 99.0 Å². The van der Waals surface area contributed by atoms with E-state index in [1.165, 1.54) is 12.0 Å². The number of amides is 1. The van der Waals surface area contributed by atoms with Crippen LogP contribution in [0.3, 0.4) is 0 Å². The number of carbonyl (C=O) groups is 2. The van der Waals surface area contributed by atoms with E-state index in [1.807, 2.05) is 26.0 Å². The van der Waals surface area contributed by atoms with Crippen LogP contribution in [0.15, 0.2) is 24.3 Å². The summed E-state index contributed by atoms with van der Waals surface area (Å²) in [5.74, 6) is 6.04. The first kappa shape index (κ1) is 33.3. The summed E-state index contributed by atoms with van der Waals surface area (Å²) in [5, 5.41) is 18.8. The van der Waals surface area contributed by atoms with Gasteiger partial charge in [-0.05, 0) is 111 Å². The lowest BCUT2D eigenvalue weighted by Crippen LogP contribution is -2.31. The second-order valence-electron chi connectivity index (χ2n) is 11.0. The third-order valence-electron chi connectivity index (χ3n) is 7.37. The highest BCUT2D eigenvalue weighted by Gasteiger charge is 2.33. The molecular formula is C33H46N4O4. The fourth-order valence-corrected chi connectivity index (χ4v) is 5.14. The molecule has 8 heteroatoms. The van der Waals surface area contributed by atoms with Crippen LogP contribution in [0.25, 0.3) is 0 Å². The molecule has 2 aliphatic carbocycles. The molecule has 2 aromatic rings. The predicted octanol–water partition coefficient (Wildman–Crippen LogP) is 7.34. The number of nitrogens with one attached hydrogen (secondary N) is 2. The maximum atomic E-state index is 13.4. The van der Waals surface area contributed by atoms with Crippen LogP contribution in [-0.4, -0.2) is 41.5 Å². The molecule has 3 N–H and O–H groups in total. The largest absolute Gasteiger partial charge is 0.483 e. The maximum Gasteiger partial charge on any atom is 0.308 e. The van der Waals surface area contributed by atoms with Crippen molar-refractivity contribution in [3.63, 3.8) is 0 Å². The van der Waals surface area contributed by atoms with Gasteiger partial charge < -0.3 is 15.2 Å². The number of hydrogen-bond donors (Lipinski definition) is 3. The zero-order valence-electron chi connectivity index (χ0n) is 25.9. The van der Waals surface area contributed by atoms with E-state index >= 15 is 0 Å². The van der Waals surface area contributed by atoms with E-state index in [4.69, 9.17) is 25.0 Å². The molecule has 2 aliphatic rings. The smallest absolute Gasteiger partial charge is 0.308 e. The minimum Gasteiger partial charge on any atom is -0.483 e. The Balaban J connectivity index is 0.00000110. The molecule has 4 rings (SSSR count). The Morgan fingerprint density at radius 1 is 1.20 bits per heavy atom. The standard InChI is InChI=1S/C30H38N4O2.C2H6.CH2O2/c1-7-9-27(35)34(25-17-20(3)19(2)16-23(25)21-11-12-21)26-14-13-24(32-6)28(33-26)29(31)36-22-10-8-15-30(4,5)18-22;1-2;2-1-3/h13-14,16-17,21-22,31-32H,8,10-12,15,18H2,1-6H3;1-2H3;1H,(H,2,3). The molecule has 0 radical (unpaired) electrons. The lowest BCUT2D eigenvalue weighted by atomic mass is 9.76. The average molecular weight is 563 g/mol. The summed E-state index contributed by atoms with van der Waals surface area (Å²) in [6.07, 6.45) is 6.32. The Labute approximate surface area is 245 Å². The first-order valence-corrected chi connectivity index (χ1v) is 14.5. The molecule has 1 unspecified atom stereocenters. The third-order valence-corrected chi connectivity index (χ3v) is 7.37. The number of pyridine rings is 1. The van der Waals surface area contributed by atoms with Gasteiger partial charge in [0.05, 0.1) is 11.4 Å². The van der Waals surface area contributed by atoms with Crippen LogP contribution in [0.2, 0.25) is 0 Å². The molecule has 222 valence electrons. The lowest BCUT2D eigenvalue weighted by Gasteiger charge is -2.35. The Kier molecular flexibility index (Phi) is 12.4. The van der Waals surface area contributed by atoms with Crippen LogP contribution >= 0.6 is 0 Å². The van der Waals surface area contributed by atoms with Crippen LogP contribution in [0.4, 0.5) is 17.2 Å². The normalized spacial score (nSPS) is 16.7. The molecule has 1 atom stereocenters. The molecule has 1 aromatic heterocycles. The van der Waals surface area contributed by atoms with E-state index in [-0.39, 0.29) is 29.8 Å². The fraction of sp³-hybridized carbons (Fsp3) is 0.515. The second kappa shape index (κ2) is 15.2. The van der Waals surface area contributed by atoms with Gasteiger partial charge in [0.1, 0.15) is 17.6 Å². The first-order valence-electron chi connectivity index (χ1n) is 14.5. The van der Waals surface area contributed by atoms with E-state index in [2.05, 4.69) is 57.0 Å². The summed E-state index contributed by atoms with van der Waals surface area (Å²) in [5.41, 5.74) is 5.59. The molecule has 8 nitrogen and oxygen atoms in total. The second-order valence-corrected chi connectivity index (χ2v) is 11.0. The number of benzene rings is 1. The van der Waals surface area contributed by atoms with Gasteiger partial charge in [0.25, 0.3) is 6.47 Å². The van der Waals surface area contributed by atoms with Crippen molar-refractivity contribution in [3.05, 3.63) is 46.6 Å². The number of rotatable bonds is 6. The lowest BCUT2D eigenvalue weighted by molar-refractivity contribution is -0.122. The zero-order valence-corrected chi connectivity index (χ0v) is 25.9. The van der Waals surface area contributed by atoms with Crippen molar-refractivity contribution in [2.24, 2.45) is 5.41 Å². The quantitative estimate of drug-likeness (QED) is 0.147. The van der Waals surface area contributed by atoms with Crippen LogP contribution < -0.4 is 10.2 Å². The molecule has 1 amide bonds. The Morgan fingerprint density at radius 3 is 2.39 bits per heavy atom. The van der Waals surface area contributed by atoms with Gasteiger partial charge >= 0.3 is 5.91 Å². The average Bonchev–Trinajstić information content (AvgIpc) is 3.77. The monoisotopic (exact) mass is 562 g/mol. The Bertz CT molecular complexity index is 1290. The molecule has 1 aromatic carbocycles. The Hall–Kier alpha value is -3.86. The van der Waals surface area contributed by atoms with E-state index in [1.54, 1.807) is 18.9 Å².